The number of hydrogen-bond donors (Lipinski definition) is 2. The first-order valence-electron chi connectivity index (χ1n) is 7.09. The van der Waals surface area contributed by atoms with E-state index in [0.29, 0.717) is 16.5 Å². The summed E-state index contributed by atoms with van der Waals surface area (Å²) in [6, 6.07) is 10.2. The first-order chi connectivity index (χ1) is 11.4. The Bertz CT molecular complexity index is 778. The molecule has 2 rings (SSSR count). The van der Waals surface area contributed by atoms with E-state index >= 15 is 0 Å². The number of carbonyl (C=O) groups excluding carboxylic acids is 2. The van der Waals surface area contributed by atoms with Gasteiger partial charge in [0.05, 0.1) is 23.4 Å². The first-order valence-corrected chi connectivity index (χ1v) is 7.84. The Kier molecular flexibility index (Phi) is 6.06. The zero-order chi connectivity index (χ0) is 17.7. The summed E-state index contributed by atoms with van der Waals surface area (Å²) >= 11 is 12.2. The predicted molar refractivity (Wildman–Crippen MR) is 94.9 cm³/mol. The molecule has 7 heteroatoms. The van der Waals surface area contributed by atoms with E-state index in [0.717, 1.165) is 5.56 Å². The summed E-state index contributed by atoms with van der Waals surface area (Å²) in [6.07, 6.45) is 0. The van der Waals surface area contributed by atoms with Gasteiger partial charge in [0.2, 0.25) is 5.91 Å². The van der Waals surface area contributed by atoms with E-state index in [1.165, 1.54) is 26.2 Å². The Morgan fingerprint density at radius 2 is 1.83 bits per heavy atom. The molecule has 0 aliphatic rings. The van der Waals surface area contributed by atoms with Crippen molar-refractivity contribution >= 4 is 40.7 Å². The molecular weight excluding hydrogens is 351 g/mol. The second-order valence-electron chi connectivity index (χ2n) is 4.99. The Hall–Kier alpha value is -2.24. The normalized spacial score (nSPS) is 10.2. The van der Waals surface area contributed by atoms with Crippen LogP contribution in [-0.2, 0) is 11.3 Å². The third-order valence-electron chi connectivity index (χ3n) is 3.24. The summed E-state index contributed by atoms with van der Waals surface area (Å²) < 4.78 is 5.22. The number of nitrogens with one attached hydrogen (secondary N) is 2. The largest absolute Gasteiger partial charge is 0.496 e. The zero-order valence-corrected chi connectivity index (χ0v) is 14.7. The van der Waals surface area contributed by atoms with Crippen LogP contribution >= 0.6 is 23.2 Å². The lowest BCUT2D eigenvalue weighted by Crippen LogP contribution is -2.23. The first kappa shape index (κ1) is 18.1. The molecule has 126 valence electrons. The fourth-order valence-corrected chi connectivity index (χ4v) is 2.51. The molecule has 2 amide bonds. The smallest absolute Gasteiger partial charge is 0.255 e. The van der Waals surface area contributed by atoms with Crippen molar-refractivity contribution in [1.29, 1.82) is 0 Å². The van der Waals surface area contributed by atoms with Crippen molar-refractivity contribution < 1.29 is 14.3 Å². The summed E-state index contributed by atoms with van der Waals surface area (Å²) in [7, 11) is 1.44. The predicted octanol–water partition coefficient (Wildman–Crippen LogP) is 3.89. The number of ether oxygens (including phenoxy) is 1. The fourth-order valence-electron chi connectivity index (χ4n) is 2.10. The van der Waals surface area contributed by atoms with Crippen molar-refractivity contribution in [2.45, 2.75) is 13.5 Å². The van der Waals surface area contributed by atoms with E-state index in [1.807, 2.05) is 18.2 Å². The van der Waals surface area contributed by atoms with Crippen LogP contribution in [-0.4, -0.2) is 18.9 Å². The molecule has 2 aromatic rings. The van der Waals surface area contributed by atoms with Gasteiger partial charge in [0.25, 0.3) is 5.91 Å². The lowest BCUT2D eigenvalue weighted by atomic mass is 10.1. The molecule has 24 heavy (non-hydrogen) atoms. The van der Waals surface area contributed by atoms with Crippen LogP contribution in [0.1, 0.15) is 22.8 Å². The van der Waals surface area contributed by atoms with Crippen LogP contribution in [0.15, 0.2) is 36.4 Å². The van der Waals surface area contributed by atoms with Gasteiger partial charge in [-0.25, -0.2) is 0 Å². The number of halogens is 2. The van der Waals surface area contributed by atoms with Crippen LogP contribution in [0.4, 0.5) is 5.69 Å². The van der Waals surface area contributed by atoms with Crippen molar-refractivity contribution in [2.24, 2.45) is 0 Å². The molecule has 0 unspecified atom stereocenters. The Labute approximate surface area is 149 Å². The molecule has 0 fully saturated rings. The maximum atomic E-state index is 12.4. The molecule has 0 atom stereocenters. The molecule has 0 saturated carbocycles. The molecule has 0 aliphatic carbocycles. The van der Waals surface area contributed by atoms with E-state index < -0.39 is 0 Å². The fraction of sp³-hybridized carbons (Fsp3) is 0.176. The monoisotopic (exact) mass is 366 g/mol. The molecule has 0 aliphatic heterocycles. The highest BCUT2D eigenvalue weighted by molar-refractivity contribution is 6.34. The minimum absolute atomic E-state index is 0.244. The number of methoxy groups -OCH3 is 1. The number of anilines is 1. The van der Waals surface area contributed by atoms with Gasteiger partial charge in [0.15, 0.2) is 0 Å². The third-order valence-corrected chi connectivity index (χ3v) is 3.92. The van der Waals surface area contributed by atoms with E-state index in [2.05, 4.69) is 10.6 Å². The topological polar surface area (TPSA) is 67.4 Å². The number of rotatable bonds is 5. The SMILES string of the molecule is COc1cc(NC(C)=O)c(Cl)cc1C(=O)NCc1ccccc1Cl. The summed E-state index contributed by atoms with van der Waals surface area (Å²) in [4.78, 5) is 23.6. The molecule has 5 nitrogen and oxygen atoms in total. The van der Waals surface area contributed by atoms with Crippen molar-refractivity contribution in [3.8, 4) is 5.75 Å². The Morgan fingerprint density at radius 3 is 2.46 bits per heavy atom. The average Bonchev–Trinajstić information content (AvgIpc) is 2.55. The van der Waals surface area contributed by atoms with Crippen molar-refractivity contribution in [1.82, 2.24) is 5.32 Å². The lowest BCUT2D eigenvalue weighted by Gasteiger charge is -2.13. The minimum atomic E-state index is -0.358. The minimum Gasteiger partial charge on any atom is -0.496 e. The molecule has 0 radical (unpaired) electrons. The van der Waals surface area contributed by atoms with Gasteiger partial charge >= 0.3 is 0 Å². The molecule has 2 N–H and O–H groups in total. The van der Waals surface area contributed by atoms with Crippen molar-refractivity contribution in [3.63, 3.8) is 0 Å². The van der Waals surface area contributed by atoms with E-state index in [4.69, 9.17) is 27.9 Å². The second kappa shape index (κ2) is 8.04. The molecule has 2 aromatic carbocycles. The van der Waals surface area contributed by atoms with Gasteiger partial charge in [0, 0.05) is 24.6 Å². The van der Waals surface area contributed by atoms with Gasteiger partial charge < -0.3 is 15.4 Å². The number of carbonyl (C=O) groups is 2. The molecule has 0 aromatic heterocycles. The van der Waals surface area contributed by atoms with Crippen LogP contribution in [0.3, 0.4) is 0 Å². The summed E-state index contributed by atoms with van der Waals surface area (Å²) in [5.41, 5.74) is 1.44. The van der Waals surface area contributed by atoms with Gasteiger partial charge in [-0.1, -0.05) is 41.4 Å². The maximum absolute atomic E-state index is 12.4. The number of benzene rings is 2. The average molecular weight is 367 g/mol. The van der Waals surface area contributed by atoms with E-state index in [-0.39, 0.29) is 28.9 Å². The van der Waals surface area contributed by atoms with Gasteiger partial charge in [-0.3, -0.25) is 9.59 Å². The van der Waals surface area contributed by atoms with Gasteiger partial charge in [0.1, 0.15) is 5.75 Å². The molecule has 0 saturated heterocycles. The highest BCUT2D eigenvalue weighted by atomic mass is 35.5. The third kappa shape index (κ3) is 4.40. The van der Waals surface area contributed by atoms with Crippen molar-refractivity contribution in [3.05, 3.63) is 57.6 Å². The second-order valence-corrected chi connectivity index (χ2v) is 5.80. The number of hydrogen-bond acceptors (Lipinski definition) is 3. The van der Waals surface area contributed by atoms with Crippen molar-refractivity contribution in [2.75, 3.05) is 12.4 Å². The van der Waals surface area contributed by atoms with Gasteiger partial charge in [-0.05, 0) is 17.7 Å². The lowest BCUT2D eigenvalue weighted by molar-refractivity contribution is -0.114. The standard InChI is InChI=1S/C17H16Cl2N2O3/c1-10(22)21-15-8-16(24-2)12(7-14(15)19)17(23)20-9-11-5-3-4-6-13(11)18/h3-8H,9H2,1-2H3,(H,20,23)(H,21,22). The molecule has 0 heterocycles. The van der Waals surface area contributed by atoms with Crippen LogP contribution in [0, 0.1) is 0 Å². The number of amides is 2. The van der Waals surface area contributed by atoms with Crippen LogP contribution in [0.2, 0.25) is 10.0 Å². The van der Waals surface area contributed by atoms with Gasteiger partial charge in [-0.15, -0.1) is 0 Å². The summed E-state index contributed by atoms with van der Waals surface area (Å²) in [6.45, 7) is 1.64. The molecule has 0 bridgehead atoms. The Morgan fingerprint density at radius 1 is 1.12 bits per heavy atom. The van der Waals surface area contributed by atoms with Crippen LogP contribution in [0.5, 0.6) is 5.75 Å². The van der Waals surface area contributed by atoms with Crippen LogP contribution in [0.25, 0.3) is 0 Å². The summed E-state index contributed by atoms with van der Waals surface area (Å²) in [5, 5.41) is 6.17. The highest BCUT2D eigenvalue weighted by Gasteiger charge is 2.16. The quantitative estimate of drug-likeness (QED) is 0.843. The summed E-state index contributed by atoms with van der Waals surface area (Å²) in [5.74, 6) is -0.322. The Balaban J connectivity index is 2.21. The van der Waals surface area contributed by atoms with Gasteiger partial charge in [-0.2, -0.15) is 0 Å². The van der Waals surface area contributed by atoms with E-state index in [9.17, 15) is 9.59 Å². The zero-order valence-electron chi connectivity index (χ0n) is 13.2. The highest BCUT2D eigenvalue weighted by Crippen LogP contribution is 2.31. The van der Waals surface area contributed by atoms with E-state index in [1.54, 1.807) is 6.07 Å². The molecular formula is C17H16Cl2N2O3. The van der Waals surface area contributed by atoms with Crippen LogP contribution < -0.4 is 15.4 Å². The molecule has 0 spiro atoms. The maximum Gasteiger partial charge on any atom is 0.255 e.